The predicted molar refractivity (Wildman–Crippen MR) is 120 cm³/mol. The van der Waals surface area contributed by atoms with Gasteiger partial charge in [0.15, 0.2) is 11.9 Å². The van der Waals surface area contributed by atoms with Crippen LogP contribution in [-0.4, -0.2) is 44.8 Å². The summed E-state index contributed by atoms with van der Waals surface area (Å²) >= 11 is 0. The van der Waals surface area contributed by atoms with E-state index in [1.54, 1.807) is 33.9 Å². The van der Waals surface area contributed by atoms with Gasteiger partial charge in [0, 0.05) is 47.9 Å². The molecule has 0 saturated carbocycles. The van der Waals surface area contributed by atoms with Gasteiger partial charge < -0.3 is 19.8 Å². The lowest BCUT2D eigenvalue weighted by molar-refractivity contribution is -0.160. The molecule has 1 atom stereocenters. The van der Waals surface area contributed by atoms with E-state index >= 15 is 0 Å². The lowest BCUT2D eigenvalue weighted by Gasteiger charge is -2.40. The van der Waals surface area contributed by atoms with Gasteiger partial charge in [0.05, 0.1) is 11.3 Å². The topological polar surface area (TPSA) is 95.8 Å². The Hall–Kier alpha value is -2.74. The van der Waals surface area contributed by atoms with E-state index < -0.39 is 29.4 Å². The van der Waals surface area contributed by atoms with Crippen molar-refractivity contribution in [3.05, 3.63) is 35.5 Å². The number of pyridine rings is 2. The maximum Gasteiger partial charge on any atom is 0.337 e. The van der Waals surface area contributed by atoms with E-state index in [2.05, 4.69) is 28.7 Å². The van der Waals surface area contributed by atoms with Crippen LogP contribution in [-0.2, 0) is 9.53 Å². The molecule has 0 bridgehead atoms. The van der Waals surface area contributed by atoms with E-state index in [4.69, 9.17) is 4.74 Å². The molecule has 0 aromatic carbocycles. The Balaban J connectivity index is 2.25. The normalized spacial score (nSPS) is 17.3. The molecule has 0 aliphatic carbocycles. The second-order valence-corrected chi connectivity index (χ2v) is 10.1. The fraction of sp³-hybridized carbons (Fsp3) is 0.542. The molecule has 2 N–H and O–H groups in total. The van der Waals surface area contributed by atoms with Crippen molar-refractivity contribution in [1.82, 2.24) is 9.97 Å². The number of aryl methyl sites for hydroxylation is 1. The number of rotatable bonds is 5. The molecule has 2 aromatic rings. The molecule has 32 heavy (non-hydrogen) atoms. The summed E-state index contributed by atoms with van der Waals surface area (Å²) in [6, 6.07) is 1.19. The molecule has 8 heteroatoms. The summed E-state index contributed by atoms with van der Waals surface area (Å²) in [6.07, 6.45) is 3.58. The molecule has 0 spiro atoms. The van der Waals surface area contributed by atoms with Crippen LogP contribution in [0.5, 0.6) is 5.88 Å². The number of carbonyl (C=O) groups is 1. The Labute approximate surface area is 188 Å². The van der Waals surface area contributed by atoms with Gasteiger partial charge in [-0.2, -0.15) is 0 Å². The van der Waals surface area contributed by atoms with Gasteiger partial charge in [-0.1, -0.05) is 13.8 Å². The average molecular weight is 446 g/mol. The number of aromatic nitrogens is 2. The first-order chi connectivity index (χ1) is 14.8. The largest absolute Gasteiger partial charge is 0.491 e. The number of piperidine rings is 1. The predicted octanol–water partition coefficient (Wildman–Crippen LogP) is 4.86. The quantitative estimate of drug-likeness (QED) is 0.678. The smallest absolute Gasteiger partial charge is 0.337 e. The zero-order valence-electron chi connectivity index (χ0n) is 19.6. The van der Waals surface area contributed by atoms with Crippen molar-refractivity contribution in [3.63, 3.8) is 0 Å². The van der Waals surface area contributed by atoms with Crippen LogP contribution >= 0.6 is 0 Å². The Morgan fingerprint density at radius 3 is 2.38 bits per heavy atom. The van der Waals surface area contributed by atoms with Crippen LogP contribution in [0.15, 0.2) is 18.5 Å². The van der Waals surface area contributed by atoms with Gasteiger partial charge in [-0.3, -0.25) is 4.98 Å². The van der Waals surface area contributed by atoms with Gasteiger partial charge in [-0.05, 0) is 52.0 Å². The molecule has 1 aliphatic rings. The van der Waals surface area contributed by atoms with E-state index in [1.807, 2.05) is 0 Å². The fourth-order valence-electron chi connectivity index (χ4n) is 3.97. The highest BCUT2D eigenvalue weighted by atomic mass is 19.1. The van der Waals surface area contributed by atoms with Crippen LogP contribution < -0.4 is 4.90 Å². The van der Waals surface area contributed by atoms with Crippen molar-refractivity contribution in [2.45, 2.75) is 66.1 Å². The minimum absolute atomic E-state index is 0.180. The molecule has 1 saturated heterocycles. The van der Waals surface area contributed by atoms with Crippen LogP contribution in [0.25, 0.3) is 11.1 Å². The first-order valence-electron chi connectivity index (χ1n) is 10.8. The molecular weight excluding hydrogens is 413 g/mol. The van der Waals surface area contributed by atoms with Crippen LogP contribution in [0.4, 0.5) is 10.1 Å². The number of hydrogen-bond acceptors (Lipinski definition) is 6. The molecule has 0 unspecified atom stereocenters. The third kappa shape index (κ3) is 5.18. The molecule has 2 aromatic heterocycles. The number of nitrogens with zero attached hydrogens (tertiary/aromatic N) is 3. The second kappa shape index (κ2) is 8.65. The molecular formula is C24H32FN3O4. The van der Waals surface area contributed by atoms with Gasteiger partial charge in [-0.25, -0.2) is 14.2 Å². The molecule has 7 nitrogen and oxygen atoms in total. The van der Waals surface area contributed by atoms with E-state index in [0.717, 1.165) is 12.8 Å². The van der Waals surface area contributed by atoms with Crippen molar-refractivity contribution in [2.24, 2.45) is 5.41 Å². The molecule has 0 radical (unpaired) electrons. The Kier molecular flexibility index (Phi) is 6.47. The maximum absolute atomic E-state index is 14.2. The number of carboxylic acids is 1. The molecule has 0 amide bonds. The van der Waals surface area contributed by atoms with Crippen molar-refractivity contribution in [3.8, 4) is 17.0 Å². The highest BCUT2D eigenvalue weighted by Gasteiger charge is 2.35. The summed E-state index contributed by atoms with van der Waals surface area (Å²) in [7, 11) is 0. The third-order valence-corrected chi connectivity index (χ3v) is 5.81. The summed E-state index contributed by atoms with van der Waals surface area (Å²) in [5.74, 6) is -2.65. The van der Waals surface area contributed by atoms with Gasteiger partial charge in [0.1, 0.15) is 0 Å². The number of aromatic hydroxyl groups is 1. The molecule has 1 fully saturated rings. The van der Waals surface area contributed by atoms with E-state index in [0.29, 0.717) is 41.2 Å². The SMILES string of the molecule is Cc1ncc(-c2cnc(O)c(F)c2)c(N2CCC(C)(C)CC2)c1[C@H](OC(C)(C)C)C(=O)O. The zero-order chi connectivity index (χ0) is 23.8. The second-order valence-electron chi connectivity index (χ2n) is 10.1. The van der Waals surface area contributed by atoms with Gasteiger partial charge in [0.2, 0.25) is 5.88 Å². The number of ether oxygens (including phenoxy) is 1. The van der Waals surface area contributed by atoms with Crippen molar-refractivity contribution in [2.75, 3.05) is 18.0 Å². The molecule has 174 valence electrons. The summed E-state index contributed by atoms with van der Waals surface area (Å²) in [5, 5.41) is 19.6. The number of halogens is 1. The Bertz CT molecular complexity index is 1010. The van der Waals surface area contributed by atoms with Gasteiger partial charge in [0.25, 0.3) is 0 Å². The maximum atomic E-state index is 14.2. The van der Waals surface area contributed by atoms with E-state index in [9.17, 15) is 19.4 Å². The molecule has 3 heterocycles. The van der Waals surface area contributed by atoms with Crippen LogP contribution in [0.1, 0.15) is 64.8 Å². The highest BCUT2D eigenvalue weighted by Crippen LogP contribution is 2.43. The number of carboxylic acid groups (broad SMARTS) is 1. The lowest BCUT2D eigenvalue weighted by atomic mass is 9.82. The first kappa shape index (κ1) is 23.9. The Morgan fingerprint density at radius 2 is 1.84 bits per heavy atom. The summed E-state index contributed by atoms with van der Waals surface area (Å²) in [6.45, 7) is 13.0. The van der Waals surface area contributed by atoms with E-state index in [1.165, 1.54) is 12.3 Å². The van der Waals surface area contributed by atoms with Crippen LogP contribution in [0.3, 0.4) is 0 Å². The molecule has 3 rings (SSSR count). The zero-order valence-corrected chi connectivity index (χ0v) is 19.6. The fourth-order valence-corrected chi connectivity index (χ4v) is 3.97. The summed E-state index contributed by atoms with van der Waals surface area (Å²) in [4.78, 5) is 22.7. The monoisotopic (exact) mass is 445 g/mol. The van der Waals surface area contributed by atoms with Crippen LogP contribution in [0, 0.1) is 18.2 Å². The number of hydrogen-bond donors (Lipinski definition) is 2. The van der Waals surface area contributed by atoms with Gasteiger partial charge >= 0.3 is 5.97 Å². The lowest BCUT2D eigenvalue weighted by Crippen LogP contribution is -2.39. The van der Waals surface area contributed by atoms with Crippen molar-refractivity contribution >= 4 is 11.7 Å². The first-order valence-corrected chi connectivity index (χ1v) is 10.8. The highest BCUT2D eigenvalue weighted by molar-refractivity contribution is 5.86. The third-order valence-electron chi connectivity index (χ3n) is 5.81. The summed E-state index contributed by atoms with van der Waals surface area (Å²) < 4.78 is 20.1. The van der Waals surface area contributed by atoms with Crippen molar-refractivity contribution in [1.29, 1.82) is 0 Å². The Morgan fingerprint density at radius 1 is 1.22 bits per heavy atom. The van der Waals surface area contributed by atoms with Crippen LogP contribution in [0.2, 0.25) is 0 Å². The number of aliphatic carboxylic acids is 1. The average Bonchev–Trinajstić information content (AvgIpc) is 2.68. The standard InChI is InChI=1S/C24H32FN3O4/c1-14-18(20(22(30)31)32-23(2,3)4)19(28-9-7-24(5,6)8-10-28)16(13-26-14)15-11-17(25)21(29)27-12-15/h11-13,20H,7-10H2,1-6H3,(H,27,29)(H,30,31)/t20-/m0/s1. The summed E-state index contributed by atoms with van der Waals surface area (Å²) in [5.41, 5.74) is 2.10. The minimum atomic E-state index is -1.25. The molecule has 1 aliphatic heterocycles. The van der Waals surface area contributed by atoms with Crippen molar-refractivity contribution < 1.29 is 24.1 Å². The van der Waals surface area contributed by atoms with Gasteiger partial charge in [-0.15, -0.1) is 0 Å². The minimum Gasteiger partial charge on any atom is -0.491 e. The number of anilines is 1. The van der Waals surface area contributed by atoms with E-state index in [-0.39, 0.29) is 5.41 Å².